The fourth-order valence-corrected chi connectivity index (χ4v) is 5.39. The number of nitrogens with zero attached hydrogens (tertiary/aromatic N) is 4. The lowest BCUT2D eigenvalue weighted by Crippen LogP contribution is -2.59. The van der Waals surface area contributed by atoms with Crippen molar-refractivity contribution in [2.45, 2.75) is 24.8 Å². The Hall–Kier alpha value is -1.81. The van der Waals surface area contributed by atoms with Crippen LogP contribution in [-0.2, 0) is 10.0 Å². The molecular formula is C15H19F2N5O2S. The Labute approximate surface area is 144 Å². The van der Waals surface area contributed by atoms with Gasteiger partial charge in [0, 0.05) is 19.3 Å². The number of H-pyrrole nitrogens is 1. The molecular weight excluding hydrogens is 352 g/mol. The van der Waals surface area contributed by atoms with Gasteiger partial charge in [-0.05, 0) is 24.8 Å². The Bertz CT molecular complexity index is 886. The summed E-state index contributed by atoms with van der Waals surface area (Å²) < 4.78 is 50.9. The second-order valence-electron chi connectivity index (χ2n) is 6.94. The summed E-state index contributed by atoms with van der Waals surface area (Å²) in [5.41, 5.74) is 0.758. The van der Waals surface area contributed by atoms with Crippen LogP contribution in [0, 0.1) is 5.92 Å². The minimum Gasteiger partial charge on any atom is -0.356 e. The van der Waals surface area contributed by atoms with E-state index in [1.54, 1.807) is 6.20 Å². The van der Waals surface area contributed by atoms with Crippen molar-refractivity contribution in [2.24, 2.45) is 5.92 Å². The summed E-state index contributed by atoms with van der Waals surface area (Å²) in [5, 5.41) is 0.920. The molecule has 0 atom stereocenters. The van der Waals surface area contributed by atoms with Crippen LogP contribution >= 0.6 is 0 Å². The van der Waals surface area contributed by atoms with E-state index in [0.717, 1.165) is 21.2 Å². The highest BCUT2D eigenvalue weighted by Gasteiger charge is 2.50. The maximum atomic E-state index is 12.9. The normalized spacial score (nSPS) is 26.2. The number of anilines is 1. The smallest absolute Gasteiger partial charge is 0.275 e. The van der Waals surface area contributed by atoms with Crippen LogP contribution in [0.5, 0.6) is 0 Å². The van der Waals surface area contributed by atoms with E-state index in [9.17, 15) is 17.2 Å². The lowest BCUT2D eigenvalue weighted by molar-refractivity contribution is -0.0946. The number of halogens is 2. The second kappa shape index (κ2) is 5.60. The highest BCUT2D eigenvalue weighted by Crippen LogP contribution is 2.37. The molecule has 0 amide bonds. The van der Waals surface area contributed by atoms with E-state index in [1.807, 2.05) is 18.0 Å². The van der Waals surface area contributed by atoms with Crippen LogP contribution in [-0.4, -0.2) is 65.5 Å². The molecule has 2 aromatic heterocycles. The van der Waals surface area contributed by atoms with Crippen molar-refractivity contribution in [2.75, 3.05) is 30.8 Å². The van der Waals surface area contributed by atoms with E-state index in [-0.39, 0.29) is 17.7 Å². The third-order valence-electron chi connectivity index (χ3n) is 5.08. The van der Waals surface area contributed by atoms with Crippen LogP contribution in [0.1, 0.15) is 12.8 Å². The van der Waals surface area contributed by atoms with Crippen LogP contribution in [0.4, 0.5) is 14.6 Å². The molecule has 0 radical (unpaired) electrons. The molecule has 1 aliphatic carbocycles. The molecule has 0 unspecified atom stereocenters. The van der Waals surface area contributed by atoms with E-state index in [0.29, 0.717) is 12.8 Å². The minimum absolute atomic E-state index is 0.00442. The van der Waals surface area contributed by atoms with Gasteiger partial charge in [0.05, 0.1) is 24.2 Å². The van der Waals surface area contributed by atoms with Gasteiger partial charge in [-0.3, -0.25) is 0 Å². The Morgan fingerprint density at radius 3 is 2.76 bits per heavy atom. The van der Waals surface area contributed by atoms with Gasteiger partial charge in [0.15, 0.2) is 0 Å². The van der Waals surface area contributed by atoms with Gasteiger partial charge < -0.3 is 9.88 Å². The fraction of sp³-hybridized carbons (Fsp3) is 0.600. The second-order valence-corrected chi connectivity index (χ2v) is 8.96. The highest BCUT2D eigenvalue weighted by molar-refractivity contribution is 7.89. The number of rotatable bonds is 5. The number of aromatic amines is 1. The zero-order chi connectivity index (χ0) is 17.8. The summed E-state index contributed by atoms with van der Waals surface area (Å²) in [4.78, 5) is 13.6. The molecule has 0 aromatic carbocycles. The molecule has 1 aliphatic heterocycles. The molecule has 4 rings (SSSR count). The van der Waals surface area contributed by atoms with Gasteiger partial charge in [-0.15, -0.1) is 0 Å². The summed E-state index contributed by atoms with van der Waals surface area (Å²) >= 11 is 0. The van der Waals surface area contributed by atoms with Crippen LogP contribution in [0.25, 0.3) is 11.0 Å². The highest BCUT2D eigenvalue weighted by atomic mass is 32.2. The molecule has 7 nitrogen and oxygen atoms in total. The van der Waals surface area contributed by atoms with Gasteiger partial charge in [-0.2, -0.15) is 4.31 Å². The zero-order valence-corrected chi connectivity index (χ0v) is 14.5. The number of sulfonamides is 1. The molecule has 1 saturated heterocycles. The molecule has 25 heavy (non-hydrogen) atoms. The quantitative estimate of drug-likeness (QED) is 0.860. The largest absolute Gasteiger partial charge is 0.356 e. The van der Waals surface area contributed by atoms with Gasteiger partial charge in [0.25, 0.3) is 5.92 Å². The first-order valence-electron chi connectivity index (χ1n) is 8.12. The molecule has 10 heteroatoms. The first-order valence-corrected chi connectivity index (χ1v) is 9.73. The predicted molar refractivity (Wildman–Crippen MR) is 89.1 cm³/mol. The predicted octanol–water partition coefficient (Wildman–Crippen LogP) is 1.45. The van der Waals surface area contributed by atoms with E-state index in [4.69, 9.17) is 0 Å². The number of hydrogen-bond acceptors (Lipinski definition) is 5. The monoisotopic (exact) mass is 371 g/mol. The Morgan fingerprint density at radius 1 is 1.36 bits per heavy atom. The molecule has 0 bridgehead atoms. The van der Waals surface area contributed by atoms with Gasteiger partial charge >= 0.3 is 0 Å². The maximum Gasteiger partial charge on any atom is 0.275 e. The van der Waals surface area contributed by atoms with Crippen molar-refractivity contribution in [1.82, 2.24) is 19.3 Å². The van der Waals surface area contributed by atoms with Crippen LogP contribution in [0.15, 0.2) is 18.6 Å². The van der Waals surface area contributed by atoms with Crippen LogP contribution in [0.2, 0.25) is 0 Å². The molecule has 1 N–H and O–H groups in total. The van der Waals surface area contributed by atoms with Crippen molar-refractivity contribution >= 4 is 26.9 Å². The Balaban J connectivity index is 1.37. The molecule has 2 fully saturated rings. The van der Waals surface area contributed by atoms with Crippen LogP contribution < -0.4 is 4.90 Å². The number of aromatic nitrogens is 3. The molecule has 136 valence electrons. The summed E-state index contributed by atoms with van der Waals surface area (Å²) in [7, 11) is -1.66. The standard InChI is InChI=1S/C15H19F2N5O2S/c1-21(14-12-2-3-18-13(12)19-9-20-14)11-4-10(5-11)6-25(23,24)22-7-15(16,17)8-22/h2-3,9-11H,4-8H2,1H3,(H,18,19,20). The van der Waals surface area contributed by atoms with Crippen molar-refractivity contribution in [3.63, 3.8) is 0 Å². The fourth-order valence-electron chi connectivity index (χ4n) is 3.54. The van der Waals surface area contributed by atoms with E-state index in [1.165, 1.54) is 6.33 Å². The third-order valence-corrected chi connectivity index (χ3v) is 7.02. The number of alkyl halides is 2. The third kappa shape index (κ3) is 2.97. The SMILES string of the molecule is CN(c1ncnc2[nH]ccc12)C1CC(CS(=O)(=O)N2CC(F)(F)C2)C1. The first kappa shape index (κ1) is 16.6. The number of hydrogen-bond donors (Lipinski definition) is 1. The zero-order valence-electron chi connectivity index (χ0n) is 13.7. The van der Waals surface area contributed by atoms with Gasteiger partial charge in [0.1, 0.15) is 17.8 Å². The van der Waals surface area contributed by atoms with Crippen molar-refractivity contribution < 1.29 is 17.2 Å². The number of nitrogens with one attached hydrogen (secondary N) is 1. The summed E-state index contributed by atoms with van der Waals surface area (Å²) in [5.74, 6) is -2.13. The van der Waals surface area contributed by atoms with Crippen molar-refractivity contribution in [3.8, 4) is 0 Å². The minimum atomic E-state index is -3.59. The number of fused-ring (bicyclic) bond motifs is 1. The van der Waals surface area contributed by atoms with Gasteiger partial charge in [-0.25, -0.2) is 27.2 Å². The lowest BCUT2D eigenvalue weighted by Gasteiger charge is -2.43. The average Bonchev–Trinajstić information content (AvgIpc) is 2.95. The Morgan fingerprint density at radius 2 is 2.08 bits per heavy atom. The van der Waals surface area contributed by atoms with E-state index < -0.39 is 29.0 Å². The molecule has 2 aliphatic rings. The van der Waals surface area contributed by atoms with E-state index >= 15 is 0 Å². The molecule has 0 spiro atoms. The first-order chi connectivity index (χ1) is 11.8. The Kier molecular flexibility index (Phi) is 3.73. The van der Waals surface area contributed by atoms with Gasteiger partial charge in [0.2, 0.25) is 10.0 Å². The van der Waals surface area contributed by atoms with E-state index in [2.05, 4.69) is 15.0 Å². The maximum absolute atomic E-state index is 12.9. The molecule has 1 saturated carbocycles. The topological polar surface area (TPSA) is 82.2 Å². The van der Waals surface area contributed by atoms with Gasteiger partial charge in [-0.1, -0.05) is 0 Å². The van der Waals surface area contributed by atoms with Crippen LogP contribution in [0.3, 0.4) is 0 Å². The lowest BCUT2D eigenvalue weighted by atomic mass is 9.81. The molecule has 3 heterocycles. The average molecular weight is 371 g/mol. The van der Waals surface area contributed by atoms with Crippen molar-refractivity contribution in [3.05, 3.63) is 18.6 Å². The van der Waals surface area contributed by atoms with Crippen molar-refractivity contribution in [1.29, 1.82) is 0 Å². The summed E-state index contributed by atoms with van der Waals surface area (Å²) in [6.45, 7) is -1.37. The summed E-state index contributed by atoms with van der Waals surface area (Å²) in [6.07, 6.45) is 4.71. The molecule has 2 aromatic rings. The summed E-state index contributed by atoms with van der Waals surface area (Å²) in [6, 6.07) is 2.09.